The van der Waals surface area contributed by atoms with Crippen molar-refractivity contribution in [3.05, 3.63) is 94.0 Å². The third-order valence-corrected chi connectivity index (χ3v) is 10.7. The van der Waals surface area contributed by atoms with Crippen LogP contribution in [0.25, 0.3) is 21.9 Å². The van der Waals surface area contributed by atoms with E-state index in [-0.39, 0.29) is 29.6 Å². The minimum absolute atomic E-state index is 0.0230. The number of likely N-dealkylation sites (tertiary alicyclic amines) is 1. The van der Waals surface area contributed by atoms with Crippen LogP contribution < -0.4 is 4.72 Å². The van der Waals surface area contributed by atoms with Crippen LogP contribution in [0, 0.1) is 12.7 Å². The van der Waals surface area contributed by atoms with E-state index in [1.54, 1.807) is 18.2 Å². The van der Waals surface area contributed by atoms with Gasteiger partial charge in [0.25, 0.3) is 0 Å². The number of sulfonamides is 1. The average molecular weight is 667 g/mol. The van der Waals surface area contributed by atoms with Crippen molar-refractivity contribution in [3.63, 3.8) is 0 Å². The molecule has 6 rings (SSSR count). The summed E-state index contributed by atoms with van der Waals surface area (Å²) in [6.45, 7) is 5.29. The van der Waals surface area contributed by atoms with Gasteiger partial charge in [-0.15, -0.1) is 0 Å². The smallest absolute Gasteiger partial charge is 0.305 e. The Hall–Kier alpha value is -3.77. The lowest BCUT2D eigenvalue weighted by molar-refractivity contribution is -0.137. The van der Waals surface area contributed by atoms with Gasteiger partial charge in [0.1, 0.15) is 5.82 Å². The van der Waals surface area contributed by atoms with E-state index in [0.717, 1.165) is 72.1 Å². The van der Waals surface area contributed by atoms with Gasteiger partial charge < -0.3 is 19.1 Å². The number of aromatic nitrogens is 2. The Bertz CT molecular complexity index is 1980. The minimum atomic E-state index is -3.67. The molecular weight excluding hydrogens is 631 g/mol. The molecule has 1 saturated heterocycles. The molecule has 0 spiro atoms. The summed E-state index contributed by atoms with van der Waals surface area (Å²) >= 11 is 5.90. The number of hydrogen-bond donors (Lipinski definition) is 2. The van der Waals surface area contributed by atoms with E-state index in [1.165, 1.54) is 29.8 Å². The predicted molar refractivity (Wildman–Crippen MR) is 175 cm³/mol. The highest BCUT2D eigenvalue weighted by molar-refractivity contribution is 7.89. The Morgan fingerprint density at radius 1 is 1.04 bits per heavy atom. The molecule has 2 N–H and O–H groups in total. The molecule has 1 aliphatic heterocycles. The topological polar surface area (TPSA) is 118 Å². The average Bonchev–Trinajstić information content (AvgIpc) is 3.56. The first-order valence-corrected chi connectivity index (χ1v) is 17.3. The summed E-state index contributed by atoms with van der Waals surface area (Å²) in [4.78, 5) is 14.0. The molecule has 5 aromatic rings. The van der Waals surface area contributed by atoms with Crippen LogP contribution in [0.1, 0.15) is 47.7 Å². The number of benzene rings is 3. The Morgan fingerprint density at radius 2 is 1.80 bits per heavy atom. The molecule has 1 aliphatic rings. The monoisotopic (exact) mass is 666 g/mol. The van der Waals surface area contributed by atoms with Crippen LogP contribution in [0.15, 0.2) is 70.1 Å². The Morgan fingerprint density at radius 3 is 2.54 bits per heavy atom. The number of carboxylic acid groups (broad SMARTS) is 1. The van der Waals surface area contributed by atoms with Crippen LogP contribution in [0.3, 0.4) is 0 Å². The van der Waals surface area contributed by atoms with E-state index in [0.29, 0.717) is 23.6 Å². The normalized spacial score (nSPS) is 14.8. The maximum Gasteiger partial charge on any atom is 0.305 e. The third kappa shape index (κ3) is 6.97. The Kier molecular flexibility index (Phi) is 9.47. The highest BCUT2D eigenvalue weighted by Gasteiger charge is 2.26. The van der Waals surface area contributed by atoms with Gasteiger partial charge >= 0.3 is 5.97 Å². The lowest BCUT2D eigenvalue weighted by atomic mass is 9.91. The van der Waals surface area contributed by atoms with Crippen molar-refractivity contribution in [3.8, 4) is 0 Å². The molecule has 242 valence electrons. The first kappa shape index (κ1) is 32.2. The van der Waals surface area contributed by atoms with Crippen LogP contribution in [0.5, 0.6) is 0 Å². The molecule has 0 radical (unpaired) electrons. The number of aliphatic carboxylic acids is 1. The van der Waals surface area contributed by atoms with Gasteiger partial charge in [0.05, 0.1) is 17.0 Å². The highest BCUT2D eigenvalue weighted by Crippen LogP contribution is 2.34. The van der Waals surface area contributed by atoms with Crippen LogP contribution in [-0.2, 0) is 34.2 Å². The first-order valence-electron chi connectivity index (χ1n) is 15.4. The van der Waals surface area contributed by atoms with Gasteiger partial charge in [0, 0.05) is 58.6 Å². The zero-order chi connectivity index (χ0) is 32.4. The number of carboxylic acids is 1. The van der Waals surface area contributed by atoms with Gasteiger partial charge in [0.2, 0.25) is 10.0 Å². The van der Waals surface area contributed by atoms with Gasteiger partial charge in [-0.3, -0.25) is 4.79 Å². The molecule has 3 heterocycles. The molecule has 0 unspecified atom stereocenters. The summed E-state index contributed by atoms with van der Waals surface area (Å²) in [7, 11) is -3.67. The highest BCUT2D eigenvalue weighted by atomic mass is 35.5. The number of hydrogen-bond acceptors (Lipinski definition) is 6. The standard InChI is InChI=1S/C34H36ClFN4O5S/c1-22-28(13-18-39-16-11-24(12-17-39)34-29-8-5-26(36)21-32(29)45-38-34)30-20-23(2-9-31(30)40(22)19-14-33(41)42)10-15-37-46(43,44)27-6-3-25(35)4-7-27/h2-9,20-21,24,37H,10-19H2,1H3,(H,41,42). The van der Waals surface area contributed by atoms with E-state index < -0.39 is 16.0 Å². The van der Waals surface area contributed by atoms with Crippen molar-refractivity contribution in [1.29, 1.82) is 0 Å². The predicted octanol–water partition coefficient (Wildman–Crippen LogP) is 6.30. The summed E-state index contributed by atoms with van der Waals surface area (Å²) in [5.74, 6) is -0.932. The van der Waals surface area contributed by atoms with Crippen LogP contribution >= 0.6 is 11.6 Å². The zero-order valence-electron chi connectivity index (χ0n) is 25.5. The molecule has 46 heavy (non-hydrogen) atoms. The number of nitrogens with zero attached hydrogens (tertiary/aromatic N) is 3. The largest absolute Gasteiger partial charge is 0.481 e. The van der Waals surface area contributed by atoms with Crippen molar-refractivity contribution in [1.82, 2.24) is 19.3 Å². The van der Waals surface area contributed by atoms with Crippen LogP contribution in [0.2, 0.25) is 5.02 Å². The van der Waals surface area contributed by atoms with E-state index in [4.69, 9.17) is 16.1 Å². The van der Waals surface area contributed by atoms with Crippen molar-refractivity contribution < 1.29 is 27.2 Å². The molecule has 0 saturated carbocycles. The summed E-state index contributed by atoms with van der Waals surface area (Å²) in [5, 5.41) is 16.1. The number of carbonyl (C=O) groups is 1. The van der Waals surface area contributed by atoms with Gasteiger partial charge in [0.15, 0.2) is 5.58 Å². The Labute approximate surface area is 272 Å². The minimum Gasteiger partial charge on any atom is -0.481 e. The SMILES string of the molecule is Cc1c(CCN2CCC(c3noc4cc(F)ccc34)CC2)c2cc(CCNS(=O)(=O)c3ccc(Cl)cc3)ccc2n1CCC(=O)O. The fourth-order valence-electron chi connectivity index (χ4n) is 6.52. The van der Waals surface area contributed by atoms with E-state index >= 15 is 0 Å². The lowest BCUT2D eigenvalue weighted by Crippen LogP contribution is -2.34. The molecule has 9 nitrogen and oxygen atoms in total. The van der Waals surface area contributed by atoms with Crippen molar-refractivity contribution >= 4 is 49.5 Å². The summed E-state index contributed by atoms with van der Waals surface area (Å²) in [5.41, 5.74) is 5.57. The van der Waals surface area contributed by atoms with Crippen molar-refractivity contribution in [2.75, 3.05) is 26.2 Å². The number of piperidine rings is 1. The molecule has 0 atom stereocenters. The fourth-order valence-corrected chi connectivity index (χ4v) is 7.68. The molecule has 12 heteroatoms. The van der Waals surface area contributed by atoms with Crippen molar-refractivity contribution in [2.24, 2.45) is 0 Å². The lowest BCUT2D eigenvalue weighted by Gasteiger charge is -2.31. The van der Waals surface area contributed by atoms with Crippen LogP contribution in [-0.4, -0.2) is 60.3 Å². The van der Waals surface area contributed by atoms with Crippen LogP contribution in [0.4, 0.5) is 4.39 Å². The number of rotatable bonds is 12. The summed E-state index contributed by atoms with van der Waals surface area (Å²) < 4.78 is 49.2. The number of fused-ring (bicyclic) bond motifs is 2. The summed E-state index contributed by atoms with van der Waals surface area (Å²) in [6.07, 6.45) is 3.17. The molecule has 0 bridgehead atoms. The molecule has 3 aromatic carbocycles. The fraction of sp³-hybridized carbons (Fsp3) is 0.353. The second-order valence-electron chi connectivity index (χ2n) is 11.9. The van der Waals surface area contributed by atoms with Gasteiger partial charge in [-0.1, -0.05) is 22.8 Å². The maximum atomic E-state index is 13.6. The van der Waals surface area contributed by atoms with E-state index in [2.05, 4.69) is 25.4 Å². The first-order chi connectivity index (χ1) is 22.1. The van der Waals surface area contributed by atoms with Gasteiger partial charge in [-0.25, -0.2) is 17.5 Å². The quantitative estimate of drug-likeness (QED) is 0.160. The zero-order valence-corrected chi connectivity index (χ0v) is 27.1. The second kappa shape index (κ2) is 13.5. The second-order valence-corrected chi connectivity index (χ2v) is 14.1. The molecule has 1 fully saturated rings. The number of halogens is 2. The number of aryl methyl sites for hydroxylation is 1. The van der Waals surface area contributed by atoms with Crippen molar-refractivity contribution in [2.45, 2.75) is 56.4 Å². The number of nitrogens with one attached hydrogen (secondary N) is 1. The third-order valence-electron chi connectivity index (χ3n) is 9.01. The molecule has 0 aliphatic carbocycles. The Balaban J connectivity index is 1.14. The van der Waals surface area contributed by atoms with Gasteiger partial charge in [-0.2, -0.15) is 0 Å². The van der Waals surface area contributed by atoms with E-state index in [9.17, 15) is 22.7 Å². The van der Waals surface area contributed by atoms with E-state index in [1.807, 2.05) is 19.1 Å². The molecule has 2 aromatic heterocycles. The van der Waals surface area contributed by atoms with Gasteiger partial charge in [-0.05, 0) is 105 Å². The summed E-state index contributed by atoms with van der Waals surface area (Å²) in [6, 6.07) is 16.7. The molecule has 0 amide bonds. The maximum absolute atomic E-state index is 13.6. The molecular formula is C34H36ClFN4O5S.